The van der Waals surface area contributed by atoms with Crippen LogP contribution in [0.1, 0.15) is 47.6 Å². The second kappa shape index (κ2) is 5.56. The van der Waals surface area contributed by atoms with E-state index in [-0.39, 0.29) is 18.2 Å². The van der Waals surface area contributed by atoms with Gasteiger partial charge < -0.3 is 10.0 Å². The van der Waals surface area contributed by atoms with Crippen molar-refractivity contribution in [2.24, 2.45) is 0 Å². The van der Waals surface area contributed by atoms with E-state index in [2.05, 4.69) is 10.2 Å². The molecule has 2 aromatic rings. The number of fused-ring (bicyclic) bond motifs is 1. The van der Waals surface area contributed by atoms with Crippen LogP contribution >= 0.6 is 0 Å². The first-order valence-corrected chi connectivity index (χ1v) is 7.97. The van der Waals surface area contributed by atoms with Gasteiger partial charge in [-0.05, 0) is 33.8 Å². The molecule has 24 heavy (non-hydrogen) atoms. The van der Waals surface area contributed by atoms with Crippen molar-refractivity contribution >= 4 is 17.4 Å². The number of ketones is 1. The van der Waals surface area contributed by atoms with Crippen LogP contribution in [0.2, 0.25) is 0 Å². The van der Waals surface area contributed by atoms with Gasteiger partial charge in [-0.2, -0.15) is 5.10 Å². The third-order valence-corrected chi connectivity index (χ3v) is 4.52. The molecule has 0 aliphatic carbocycles. The molecular formula is C18H21N3O3. The van der Waals surface area contributed by atoms with Crippen LogP contribution in [0.4, 0.5) is 5.69 Å². The summed E-state index contributed by atoms with van der Waals surface area (Å²) >= 11 is 0. The number of aromatic amines is 1. The molecule has 0 saturated carbocycles. The number of hydrogen-bond acceptors (Lipinski definition) is 4. The topological polar surface area (TPSA) is 86.3 Å². The van der Waals surface area contributed by atoms with Crippen LogP contribution in [-0.2, 0) is 10.4 Å². The molecule has 1 aliphatic rings. The molecular weight excluding hydrogens is 306 g/mol. The number of aliphatic hydroxyl groups is 1. The summed E-state index contributed by atoms with van der Waals surface area (Å²) in [6, 6.07) is 6.97. The third-order valence-electron chi connectivity index (χ3n) is 4.52. The Morgan fingerprint density at radius 3 is 2.58 bits per heavy atom. The largest absolute Gasteiger partial charge is 0.375 e. The quantitative estimate of drug-likeness (QED) is 0.843. The monoisotopic (exact) mass is 327 g/mol. The van der Waals surface area contributed by atoms with E-state index in [1.807, 2.05) is 19.9 Å². The molecule has 2 heterocycles. The number of H-pyrrole nitrogens is 1. The van der Waals surface area contributed by atoms with E-state index in [0.717, 1.165) is 0 Å². The molecule has 0 unspecified atom stereocenters. The zero-order valence-electron chi connectivity index (χ0n) is 14.3. The van der Waals surface area contributed by atoms with Crippen LogP contribution in [0.5, 0.6) is 0 Å². The lowest BCUT2D eigenvalue weighted by atomic mass is 9.87. The lowest BCUT2D eigenvalue weighted by molar-refractivity contribution is -0.136. The Kier molecular flexibility index (Phi) is 3.80. The van der Waals surface area contributed by atoms with E-state index in [1.165, 1.54) is 0 Å². The van der Waals surface area contributed by atoms with E-state index >= 15 is 0 Å². The fraction of sp³-hybridized carbons (Fsp3) is 0.389. The molecule has 0 spiro atoms. The summed E-state index contributed by atoms with van der Waals surface area (Å²) in [6.45, 7) is 7.24. The highest BCUT2D eigenvalue weighted by atomic mass is 16.3. The maximum absolute atomic E-state index is 12.9. The van der Waals surface area contributed by atoms with E-state index < -0.39 is 11.5 Å². The maximum Gasteiger partial charge on any atom is 0.264 e. The minimum absolute atomic E-state index is 0.111. The van der Waals surface area contributed by atoms with Gasteiger partial charge in [-0.3, -0.25) is 14.7 Å². The molecule has 0 radical (unpaired) electrons. The Morgan fingerprint density at radius 1 is 1.33 bits per heavy atom. The average Bonchev–Trinajstić information content (AvgIpc) is 2.96. The Bertz CT molecular complexity index is 805. The van der Waals surface area contributed by atoms with Crippen LogP contribution in [0, 0.1) is 13.8 Å². The van der Waals surface area contributed by atoms with Crippen LogP contribution in [-0.4, -0.2) is 33.0 Å². The highest BCUT2D eigenvalue weighted by Gasteiger charge is 2.51. The Morgan fingerprint density at radius 2 is 2.00 bits per heavy atom. The van der Waals surface area contributed by atoms with Crippen LogP contribution in [0.25, 0.3) is 0 Å². The normalized spacial score (nSPS) is 19.9. The van der Waals surface area contributed by atoms with E-state index in [1.54, 1.807) is 36.9 Å². The first-order chi connectivity index (χ1) is 11.3. The van der Waals surface area contributed by atoms with Gasteiger partial charge in [-0.15, -0.1) is 0 Å². The van der Waals surface area contributed by atoms with Crippen LogP contribution in [0.15, 0.2) is 24.3 Å². The zero-order valence-corrected chi connectivity index (χ0v) is 14.3. The molecule has 126 valence electrons. The van der Waals surface area contributed by atoms with E-state index in [4.69, 9.17) is 0 Å². The van der Waals surface area contributed by atoms with Crippen molar-refractivity contribution in [2.45, 2.75) is 45.8 Å². The number of benzene rings is 1. The van der Waals surface area contributed by atoms with Gasteiger partial charge in [0.05, 0.1) is 23.4 Å². The molecule has 1 amide bonds. The van der Waals surface area contributed by atoms with Crippen molar-refractivity contribution in [3.05, 3.63) is 46.8 Å². The lowest BCUT2D eigenvalue weighted by Gasteiger charge is -2.25. The fourth-order valence-electron chi connectivity index (χ4n) is 3.42. The molecule has 0 bridgehead atoms. The Balaban J connectivity index is 2.04. The zero-order chi connectivity index (χ0) is 17.6. The number of hydrogen-bond donors (Lipinski definition) is 2. The Hall–Kier alpha value is -2.47. The predicted octanol–water partition coefficient (Wildman–Crippen LogP) is 2.24. The molecule has 6 heteroatoms. The second-order valence-electron chi connectivity index (χ2n) is 6.56. The van der Waals surface area contributed by atoms with Crippen molar-refractivity contribution in [1.29, 1.82) is 0 Å². The first-order valence-electron chi connectivity index (χ1n) is 7.97. The average molecular weight is 327 g/mol. The SMILES string of the molecule is Cc1n[nH]c(C)c1C(=O)C[C@]1(O)C(=O)N(C(C)C)c2ccccc21. The minimum Gasteiger partial charge on any atom is -0.375 e. The van der Waals surface area contributed by atoms with Crippen molar-refractivity contribution in [2.75, 3.05) is 4.90 Å². The number of para-hydroxylation sites is 1. The fourth-order valence-corrected chi connectivity index (χ4v) is 3.42. The number of carbonyl (C=O) groups excluding carboxylic acids is 2. The van der Waals surface area contributed by atoms with E-state index in [0.29, 0.717) is 28.2 Å². The lowest BCUT2D eigenvalue weighted by Crippen LogP contribution is -2.44. The van der Waals surface area contributed by atoms with E-state index in [9.17, 15) is 14.7 Å². The standard InChI is InChI=1S/C18H21N3O3/c1-10(2)21-14-8-6-5-7-13(14)18(24,17(21)23)9-15(22)16-11(3)19-20-12(16)4/h5-8,10,24H,9H2,1-4H3,(H,19,20)/t18-/m1/s1. The molecule has 1 aromatic carbocycles. The smallest absolute Gasteiger partial charge is 0.264 e. The third kappa shape index (κ3) is 2.26. The van der Waals surface area contributed by atoms with Gasteiger partial charge in [0.25, 0.3) is 5.91 Å². The number of Topliss-reactive ketones (excluding diaryl/α,β-unsaturated/α-hetero) is 1. The highest BCUT2D eigenvalue weighted by molar-refractivity contribution is 6.11. The van der Waals surface area contributed by atoms with Gasteiger partial charge in [0, 0.05) is 17.3 Å². The summed E-state index contributed by atoms with van der Waals surface area (Å²) in [7, 11) is 0. The number of aromatic nitrogens is 2. The summed E-state index contributed by atoms with van der Waals surface area (Å²) in [4.78, 5) is 27.2. The summed E-state index contributed by atoms with van der Waals surface area (Å²) in [5.41, 5.74) is 0.954. The van der Waals surface area contributed by atoms with Gasteiger partial charge in [-0.1, -0.05) is 18.2 Å². The highest BCUT2D eigenvalue weighted by Crippen LogP contribution is 2.43. The minimum atomic E-state index is -1.84. The van der Waals surface area contributed by atoms with Crippen LogP contribution in [0.3, 0.4) is 0 Å². The molecule has 2 N–H and O–H groups in total. The van der Waals surface area contributed by atoms with Gasteiger partial charge in [0.2, 0.25) is 0 Å². The molecule has 0 fully saturated rings. The molecule has 3 rings (SSSR count). The molecule has 6 nitrogen and oxygen atoms in total. The molecule has 1 atom stereocenters. The van der Waals surface area contributed by atoms with Gasteiger partial charge >= 0.3 is 0 Å². The van der Waals surface area contributed by atoms with Crippen molar-refractivity contribution in [3.63, 3.8) is 0 Å². The number of carbonyl (C=O) groups is 2. The molecule has 0 saturated heterocycles. The number of anilines is 1. The second-order valence-corrected chi connectivity index (χ2v) is 6.56. The summed E-state index contributed by atoms with van der Waals surface area (Å²) in [6.07, 6.45) is -0.298. The van der Waals surface area contributed by atoms with Gasteiger partial charge in [0.1, 0.15) is 0 Å². The number of rotatable bonds is 4. The van der Waals surface area contributed by atoms with Gasteiger partial charge in [-0.25, -0.2) is 0 Å². The van der Waals surface area contributed by atoms with Gasteiger partial charge in [0.15, 0.2) is 11.4 Å². The molecule has 1 aliphatic heterocycles. The van der Waals surface area contributed by atoms with Crippen molar-refractivity contribution in [3.8, 4) is 0 Å². The Labute approximate surface area is 140 Å². The maximum atomic E-state index is 12.9. The predicted molar refractivity (Wildman–Crippen MR) is 90.0 cm³/mol. The number of nitrogens with zero attached hydrogens (tertiary/aromatic N) is 2. The summed E-state index contributed by atoms with van der Waals surface area (Å²) < 4.78 is 0. The molecule has 1 aromatic heterocycles. The van der Waals surface area contributed by atoms with Crippen LogP contribution < -0.4 is 4.90 Å². The summed E-state index contributed by atoms with van der Waals surface area (Å²) in [5, 5.41) is 17.9. The summed E-state index contributed by atoms with van der Waals surface area (Å²) in [5.74, 6) is -0.749. The number of aryl methyl sites for hydroxylation is 2. The van der Waals surface area contributed by atoms with Crippen molar-refractivity contribution < 1.29 is 14.7 Å². The number of amides is 1. The first kappa shape index (κ1) is 16.4. The number of nitrogens with one attached hydrogen (secondary N) is 1. The van der Waals surface area contributed by atoms with Crippen molar-refractivity contribution in [1.82, 2.24) is 10.2 Å².